The molecule has 6 heteroatoms. The average Bonchev–Trinajstić information content (AvgIpc) is 2.92. The quantitative estimate of drug-likeness (QED) is 0.270. The van der Waals surface area contributed by atoms with E-state index in [0.29, 0.717) is 23.7 Å². The maximum atomic E-state index is 5.70. The molecule has 2 aliphatic carbocycles. The fraction of sp³-hybridized carbons (Fsp3) is 0.765. The van der Waals surface area contributed by atoms with Gasteiger partial charge in [0.2, 0.25) is 0 Å². The van der Waals surface area contributed by atoms with E-state index in [2.05, 4.69) is 13.2 Å². The van der Waals surface area contributed by atoms with Crippen LogP contribution in [0.5, 0.6) is 0 Å². The Bertz CT molecular complexity index is 378. The van der Waals surface area contributed by atoms with Crippen LogP contribution in [0.1, 0.15) is 12.8 Å². The van der Waals surface area contributed by atoms with Crippen molar-refractivity contribution in [3.8, 4) is 0 Å². The summed E-state index contributed by atoms with van der Waals surface area (Å²) in [7, 11) is 0. The fourth-order valence-corrected chi connectivity index (χ4v) is 8.97. The van der Waals surface area contributed by atoms with Crippen LogP contribution in [0, 0.1) is 17.3 Å². The predicted molar refractivity (Wildman–Crippen MR) is 118 cm³/mol. The van der Waals surface area contributed by atoms with Gasteiger partial charge in [0.25, 0.3) is 0 Å². The maximum Gasteiger partial charge on any atom is 0.0644 e. The van der Waals surface area contributed by atoms with Crippen molar-refractivity contribution < 1.29 is 4.74 Å². The van der Waals surface area contributed by atoms with Gasteiger partial charge in [-0.2, -0.15) is 62.3 Å². The molecule has 0 radical (unpaired) electrons. The standard InChI is InChI=1S/C17H28OS5/c1-3-5-18-9-11-7-13(19)17(15(11)21)14(20)8-12(16(17)22)10-23-6-4-2/h3-4,11-16,19-22H,1-2,5-10H2. The number of thiol groups is 4. The first kappa shape index (κ1) is 20.5. The summed E-state index contributed by atoms with van der Waals surface area (Å²) in [5.74, 6) is 3.07. The van der Waals surface area contributed by atoms with E-state index in [1.54, 1.807) is 6.08 Å². The highest BCUT2D eigenvalue weighted by Crippen LogP contribution is 2.62. The lowest BCUT2D eigenvalue weighted by molar-refractivity contribution is 0.122. The van der Waals surface area contributed by atoms with Gasteiger partial charge in [-0.05, 0) is 30.4 Å². The van der Waals surface area contributed by atoms with Crippen LogP contribution in [0.3, 0.4) is 0 Å². The first-order chi connectivity index (χ1) is 11.0. The molecule has 2 fully saturated rings. The van der Waals surface area contributed by atoms with E-state index in [1.807, 2.05) is 17.8 Å². The molecule has 2 saturated carbocycles. The Morgan fingerprint density at radius 1 is 1.00 bits per heavy atom. The zero-order chi connectivity index (χ0) is 17.0. The van der Waals surface area contributed by atoms with Crippen molar-refractivity contribution in [3.63, 3.8) is 0 Å². The Labute approximate surface area is 167 Å². The second-order valence-electron chi connectivity index (χ2n) is 6.57. The highest BCUT2D eigenvalue weighted by molar-refractivity contribution is 7.99. The molecule has 2 rings (SSSR count). The van der Waals surface area contributed by atoms with Crippen molar-refractivity contribution >= 4 is 62.3 Å². The van der Waals surface area contributed by atoms with Crippen molar-refractivity contribution in [3.05, 3.63) is 25.3 Å². The number of hydrogen-bond donors (Lipinski definition) is 4. The predicted octanol–water partition coefficient (Wildman–Crippen LogP) is 4.33. The molecule has 7 atom stereocenters. The first-order valence-corrected chi connectivity index (χ1v) is 11.3. The van der Waals surface area contributed by atoms with Crippen LogP contribution in [-0.4, -0.2) is 45.7 Å². The number of ether oxygens (including phenoxy) is 1. The van der Waals surface area contributed by atoms with Crippen LogP contribution in [-0.2, 0) is 4.74 Å². The highest BCUT2D eigenvalue weighted by atomic mass is 32.2. The van der Waals surface area contributed by atoms with E-state index >= 15 is 0 Å². The maximum absolute atomic E-state index is 5.70. The Balaban J connectivity index is 2.09. The SMILES string of the molecule is C=CCOCC1CC(S)C2(C(S)CC(CSCC=C)C2S)C1S. The molecule has 132 valence electrons. The summed E-state index contributed by atoms with van der Waals surface area (Å²) in [5, 5.41) is 1.10. The zero-order valence-corrected chi connectivity index (χ0v) is 17.8. The van der Waals surface area contributed by atoms with Crippen molar-refractivity contribution in [2.45, 2.75) is 33.8 Å². The molecule has 0 N–H and O–H groups in total. The van der Waals surface area contributed by atoms with Crippen LogP contribution in [0.15, 0.2) is 25.3 Å². The summed E-state index contributed by atoms with van der Waals surface area (Å²) in [5.41, 5.74) is -0.0277. The van der Waals surface area contributed by atoms with Gasteiger partial charge in [0.15, 0.2) is 0 Å². The molecule has 0 bridgehead atoms. The Morgan fingerprint density at radius 3 is 2.22 bits per heavy atom. The normalized spacial score (nSPS) is 43.1. The lowest BCUT2D eigenvalue weighted by Gasteiger charge is -2.41. The fourth-order valence-electron chi connectivity index (χ4n) is 4.17. The van der Waals surface area contributed by atoms with Crippen LogP contribution < -0.4 is 0 Å². The lowest BCUT2D eigenvalue weighted by atomic mass is 9.81. The molecule has 1 spiro atoms. The molecular formula is C17H28OS5. The minimum Gasteiger partial charge on any atom is -0.377 e. The van der Waals surface area contributed by atoms with Gasteiger partial charge < -0.3 is 4.74 Å². The topological polar surface area (TPSA) is 9.23 Å². The van der Waals surface area contributed by atoms with Gasteiger partial charge in [0.1, 0.15) is 0 Å². The third kappa shape index (κ3) is 3.97. The summed E-state index contributed by atoms with van der Waals surface area (Å²) in [6.07, 6.45) is 5.87. The summed E-state index contributed by atoms with van der Waals surface area (Å²) < 4.78 is 5.70. The van der Waals surface area contributed by atoms with Gasteiger partial charge in [0, 0.05) is 32.2 Å². The van der Waals surface area contributed by atoms with E-state index in [-0.39, 0.29) is 21.2 Å². The Morgan fingerprint density at radius 2 is 1.61 bits per heavy atom. The van der Waals surface area contributed by atoms with Crippen molar-refractivity contribution in [2.24, 2.45) is 17.3 Å². The van der Waals surface area contributed by atoms with Crippen molar-refractivity contribution in [1.29, 1.82) is 0 Å². The van der Waals surface area contributed by atoms with E-state index in [0.717, 1.165) is 31.0 Å². The molecule has 0 aromatic carbocycles. The van der Waals surface area contributed by atoms with Gasteiger partial charge in [-0.25, -0.2) is 0 Å². The number of rotatable bonds is 8. The monoisotopic (exact) mass is 408 g/mol. The summed E-state index contributed by atoms with van der Waals surface area (Å²) in [6, 6.07) is 0. The summed E-state index contributed by atoms with van der Waals surface area (Å²) in [6.45, 7) is 8.82. The zero-order valence-electron chi connectivity index (χ0n) is 13.4. The van der Waals surface area contributed by atoms with Gasteiger partial charge in [-0.1, -0.05) is 12.2 Å². The average molecular weight is 409 g/mol. The summed E-state index contributed by atoms with van der Waals surface area (Å²) in [4.78, 5) is 0. The second kappa shape index (κ2) is 9.22. The highest BCUT2D eigenvalue weighted by Gasteiger charge is 2.63. The van der Waals surface area contributed by atoms with Crippen LogP contribution >= 0.6 is 62.3 Å². The molecule has 2 aliphatic rings. The summed E-state index contributed by atoms with van der Waals surface area (Å²) >= 11 is 21.9. The molecule has 0 aliphatic heterocycles. The molecular weight excluding hydrogens is 381 g/mol. The van der Waals surface area contributed by atoms with Crippen molar-refractivity contribution in [2.75, 3.05) is 24.7 Å². The van der Waals surface area contributed by atoms with E-state index in [1.165, 1.54) is 0 Å². The first-order valence-electron chi connectivity index (χ1n) is 8.09. The molecule has 7 unspecified atom stereocenters. The minimum absolute atomic E-state index is 0.0277. The number of thioether (sulfide) groups is 1. The molecule has 0 heterocycles. The Kier molecular flexibility index (Phi) is 8.22. The van der Waals surface area contributed by atoms with Crippen LogP contribution in [0.25, 0.3) is 0 Å². The molecule has 0 aromatic rings. The molecule has 0 aromatic heterocycles. The lowest BCUT2D eigenvalue weighted by Crippen LogP contribution is -2.47. The second-order valence-corrected chi connectivity index (χ2v) is 10.00. The van der Waals surface area contributed by atoms with Gasteiger partial charge in [0.05, 0.1) is 13.2 Å². The number of hydrogen-bond acceptors (Lipinski definition) is 6. The molecule has 23 heavy (non-hydrogen) atoms. The Hall–Kier alpha value is 1.19. The van der Waals surface area contributed by atoms with E-state index in [9.17, 15) is 0 Å². The van der Waals surface area contributed by atoms with Gasteiger partial charge in [-0.15, -0.1) is 13.2 Å². The van der Waals surface area contributed by atoms with Gasteiger partial charge in [-0.3, -0.25) is 0 Å². The van der Waals surface area contributed by atoms with Gasteiger partial charge >= 0.3 is 0 Å². The minimum atomic E-state index is -0.0277. The molecule has 1 nitrogen and oxygen atoms in total. The largest absolute Gasteiger partial charge is 0.377 e. The molecule has 0 saturated heterocycles. The van der Waals surface area contributed by atoms with Crippen LogP contribution in [0.2, 0.25) is 0 Å². The van der Waals surface area contributed by atoms with Crippen LogP contribution in [0.4, 0.5) is 0 Å². The molecule has 0 amide bonds. The smallest absolute Gasteiger partial charge is 0.0644 e. The third-order valence-corrected chi connectivity index (χ3v) is 9.45. The third-order valence-electron chi connectivity index (χ3n) is 5.26. The van der Waals surface area contributed by atoms with E-state index in [4.69, 9.17) is 55.3 Å². The van der Waals surface area contributed by atoms with Crippen molar-refractivity contribution in [1.82, 2.24) is 0 Å². The van der Waals surface area contributed by atoms with E-state index < -0.39 is 0 Å².